The first kappa shape index (κ1) is 25.8. The summed E-state index contributed by atoms with van der Waals surface area (Å²) in [5.41, 5.74) is 2.06. The van der Waals surface area contributed by atoms with Crippen molar-refractivity contribution in [3.63, 3.8) is 0 Å². The van der Waals surface area contributed by atoms with Gasteiger partial charge in [-0.2, -0.15) is 0 Å². The first-order valence-electron chi connectivity index (χ1n) is 11.3. The molecule has 1 unspecified atom stereocenters. The molecule has 9 heteroatoms. The lowest BCUT2D eigenvalue weighted by molar-refractivity contribution is -0.136. The Morgan fingerprint density at radius 2 is 1.68 bits per heavy atom. The Morgan fingerprint density at radius 3 is 2.30 bits per heavy atom. The van der Waals surface area contributed by atoms with Gasteiger partial charge in [0.1, 0.15) is 17.3 Å². The number of rotatable bonds is 7. The molecule has 0 aliphatic carbocycles. The van der Waals surface area contributed by atoms with E-state index in [2.05, 4.69) is 0 Å². The Hall–Kier alpha value is -4.30. The summed E-state index contributed by atoms with van der Waals surface area (Å²) in [5, 5.41) is 20.8. The second kappa shape index (κ2) is 10.4. The molecule has 0 radical (unpaired) electrons. The average molecular weight is 522 g/mol. The first-order valence-corrected chi connectivity index (χ1v) is 11.6. The molecule has 3 aromatic rings. The van der Waals surface area contributed by atoms with Crippen molar-refractivity contribution < 1.29 is 34.1 Å². The zero-order chi connectivity index (χ0) is 26.9. The summed E-state index contributed by atoms with van der Waals surface area (Å²) in [7, 11) is 2.86. The predicted octanol–water partition coefficient (Wildman–Crippen LogP) is 4.92. The highest BCUT2D eigenvalue weighted by Crippen LogP contribution is 2.46. The van der Waals surface area contributed by atoms with E-state index in [9.17, 15) is 19.5 Å². The number of anilines is 1. The first-order chi connectivity index (χ1) is 17.7. The van der Waals surface area contributed by atoms with Crippen molar-refractivity contribution >= 4 is 40.7 Å². The third-order valence-corrected chi connectivity index (χ3v) is 6.38. The lowest BCUT2D eigenvalue weighted by atomic mass is 9.93. The maximum atomic E-state index is 13.5. The number of carbonyl (C=O) groups excluding carboxylic acids is 2. The zero-order valence-electron chi connectivity index (χ0n) is 20.3. The molecule has 1 atom stereocenters. The van der Waals surface area contributed by atoms with Crippen molar-refractivity contribution in [1.82, 2.24) is 0 Å². The Kier molecular flexibility index (Phi) is 7.22. The molecule has 0 spiro atoms. The molecule has 1 saturated heterocycles. The van der Waals surface area contributed by atoms with Crippen LogP contribution in [0.5, 0.6) is 11.5 Å². The number of hydrogen-bond donors (Lipinski definition) is 2. The molecule has 4 rings (SSSR count). The van der Waals surface area contributed by atoms with E-state index < -0.39 is 29.5 Å². The van der Waals surface area contributed by atoms with E-state index in [0.717, 1.165) is 0 Å². The summed E-state index contributed by atoms with van der Waals surface area (Å²) < 4.78 is 10.9. The van der Waals surface area contributed by atoms with Crippen molar-refractivity contribution in [1.29, 1.82) is 0 Å². The summed E-state index contributed by atoms with van der Waals surface area (Å²) in [5.74, 6) is -2.63. The number of Topliss-reactive ketones (excluding diaryl/α,β-unsaturated/α-hetero) is 1. The smallest absolute Gasteiger partial charge is 0.307 e. The van der Waals surface area contributed by atoms with Crippen LogP contribution in [0.3, 0.4) is 0 Å². The molecule has 3 aromatic carbocycles. The molecule has 8 nitrogen and oxygen atoms in total. The quantitative estimate of drug-likeness (QED) is 0.258. The highest BCUT2D eigenvalue weighted by molar-refractivity contribution is 6.51. The normalized spacial score (nSPS) is 16.6. The van der Waals surface area contributed by atoms with Crippen molar-refractivity contribution in [2.24, 2.45) is 0 Å². The third-order valence-electron chi connectivity index (χ3n) is 6.09. The number of amides is 1. The van der Waals surface area contributed by atoms with E-state index in [1.54, 1.807) is 67.6 Å². The fourth-order valence-electron chi connectivity index (χ4n) is 4.49. The van der Waals surface area contributed by atoms with Gasteiger partial charge in [0.05, 0.1) is 42.8 Å². The maximum Gasteiger partial charge on any atom is 0.307 e. The molecule has 190 valence electrons. The van der Waals surface area contributed by atoms with Crippen molar-refractivity contribution in [2.75, 3.05) is 19.1 Å². The van der Waals surface area contributed by atoms with Crippen molar-refractivity contribution in [3.8, 4) is 11.5 Å². The number of halogens is 1. The summed E-state index contributed by atoms with van der Waals surface area (Å²) in [4.78, 5) is 39.2. The van der Waals surface area contributed by atoms with E-state index in [4.69, 9.17) is 26.2 Å². The molecule has 2 N–H and O–H groups in total. The van der Waals surface area contributed by atoms with Crippen LogP contribution in [0.4, 0.5) is 5.69 Å². The topological polar surface area (TPSA) is 113 Å². The Bertz CT molecular complexity index is 1430. The number of nitrogens with zero attached hydrogens (tertiary/aromatic N) is 1. The van der Waals surface area contributed by atoms with E-state index in [1.165, 1.54) is 19.1 Å². The largest absolute Gasteiger partial charge is 0.507 e. The summed E-state index contributed by atoms with van der Waals surface area (Å²) in [6, 6.07) is 15.4. The van der Waals surface area contributed by atoms with Crippen LogP contribution in [0.25, 0.3) is 5.76 Å². The molecule has 1 aliphatic rings. The second-order valence-corrected chi connectivity index (χ2v) is 8.88. The van der Waals surface area contributed by atoms with Gasteiger partial charge in [-0.3, -0.25) is 19.3 Å². The summed E-state index contributed by atoms with van der Waals surface area (Å²) >= 11 is 6.34. The van der Waals surface area contributed by atoms with Gasteiger partial charge in [0.2, 0.25) is 0 Å². The van der Waals surface area contributed by atoms with Gasteiger partial charge in [-0.1, -0.05) is 41.9 Å². The van der Waals surface area contributed by atoms with Gasteiger partial charge in [-0.15, -0.1) is 0 Å². The minimum atomic E-state index is -1.05. The predicted molar refractivity (Wildman–Crippen MR) is 138 cm³/mol. The maximum absolute atomic E-state index is 13.5. The third kappa shape index (κ3) is 4.75. The number of para-hydroxylation sites is 1. The van der Waals surface area contributed by atoms with Crippen LogP contribution in [0.15, 0.2) is 66.2 Å². The Labute approximate surface area is 218 Å². The molecule has 0 aromatic heterocycles. The minimum Gasteiger partial charge on any atom is -0.507 e. The average Bonchev–Trinajstić information content (AvgIpc) is 3.13. The molecule has 1 heterocycles. The number of methoxy groups -OCH3 is 2. The van der Waals surface area contributed by atoms with Gasteiger partial charge in [0.25, 0.3) is 11.7 Å². The number of aliphatic carboxylic acids is 1. The number of aryl methyl sites for hydroxylation is 1. The highest BCUT2D eigenvalue weighted by atomic mass is 35.5. The van der Waals surface area contributed by atoms with E-state index in [1.807, 2.05) is 0 Å². The van der Waals surface area contributed by atoms with Crippen molar-refractivity contribution in [3.05, 3.63) is 93.5 Å². The lowest BCUT2D eigenvalue weighted by Gasteiger charge is -2.27. The highest BCUT2D eigenvalue weighted by Gasteiger charge is 2.48. The molecular weight excluding hydrogens is 498 g/mol. The van der Waals surface area contributed by atoms with Gasteiger partial charge in [-0.25, -0.2) is 0 Å². The molecule has 1 fully saturated rings. The Balaban J connectivity index is 1.98. The number of carboxylic acid groups (broad SMARTS) is 1. The summed E-state index contributed by atoms with van der Waals surface area (Å²) in [6.45, 7) is 1.77. The summed E-state index contributed by atoms with van der Waals surface area (Å²) in [6.07, 6.45) is -0.192. The number of hydrogen-bond acceptors (Lipinski definition) is 6. The SMILES string of the molecule is COc1ccccc1C1/C(=C(\O)c2cc(C)cc(Cl)c2OC)C(=O)C(=O)N1c1ccc(CC(=O)O)cc1. The van der Waals surface area contributed by atoms with Gasteiger partial charge < -0.3 is 19.7 Å². The van der Waals surface area contributed by atoms with Gasteiger partial charge in [0, 0.05) is 11.3 Å². The van der Waals surface area contributed by atoms with Crippen LogP contribution < -0.4 is 14.4 Å². The van der Waals surface area contributed by atoms with E-state index >= 15 is 0 Å². The van der Waals surface area contributed by atoms with Gasteiger partial charge >= 0.3 is 5.97 Å². The van der Waals surface area contributed by atoms with E-state index in [0.29, 0.717) is 28.1 Å². The molecule has 1 amide bonds. The number of carboxylic acids is 1. The van der Waals surface area contributed by atoms with E-state index in [-0.39, 0.29) is 28.3 Å². The monoisotopic (exact) mass is 521 g/mol. The van der Waals surface area contributed by atoms with Crippen LogP contribution in [0, 0.1) is 6.92 Å². The molecular formula is C28H24ClNO7. The number of aliphatic hydroxyl groups excluding tert-OH is 1. The van der Waals surface area contributed by atoms with Crippen LogP contribution in [0.1, 0.15) is 28.3 Å². The van der Waals surface area contributed by atoms with Gasteiger partial charge in [0.15, 0.2) is 0 Å². The number of ketones is 1. The number of aliphatic hydroxyl groups is 1. The molecule has 0 saturated carbocycles. The van der Waals surface area contributed by atoms with Gasteiger partial charge in [-0.05, 0) is 48.4 Å². The molecule has 37 heavy (non-hydrogen) atoms. The van der Waals surface area contributed by atoms with Crippen LogP contribution in [-0.4, -0.2) is 42.1 Å². The fourth-order valence-corrected chi connectivity index (χ4v) is 4.84. The Morgan fingerprint density at radius 1 is 1.00 bits per heavy atom. The zero-order valence-corrected chi connectivity index (χ0v) is 21.1. The number of ether oxygens (including phenoxy) is 2. The molecule has 0 bridgehead atoms. The van der Waals surface area contributed by atoms with Crippen LogP contribution in [-0.2, 0) is 20.8 Å². The number of carbonyl (C=O) groups is 3. The lowest BCUT2D eigenvalue weighted by Crippen LogP contribution is -2.29. The number of benzene rings is 3. The van der Waals surface area contributed by atoms with Crippen molar-refractivity contribution in [2.45, 2.75) is 19.4 Å². The fraction of sp³-hybridized carbons (Fsp3) is 0.179. The standard InChI is InChI=1S/C28H24ClNO7/c1-15-12-19(27(37-3)20(29)13-15)25(33)23-24(18-6-4-5-7-21(18)36-2)30(28(35)26(23)34)17-10-8-16(9-11-17)14-22(31)32/h4-13,24,33H,14H2,1-3H3,(H,31,32)/b25-23+. The minimum absolute atomic E-state index is 0.160. The van der Waals surface area contributed by atoms with Crippen LogP contribution >= 0.6 is 11.6 Å². The van der Waals surface area contributed by atoms with Crippen LogP contribution in [0.2, 0.25) is 5.02 Å². The molecule has 1 aliphatic heterocycles. The second-order valence-electron chi connectivity index (χ2n) is 8.48.